The lowest BCUT2D eigenvalue weighted by Crippen LogP contribution is -2.04. The van der Waals surface area contributed by atoms with Gasteiger partial charge >= 0.3 is 0 Å². The van der Waals surface area contributed by atoms with Gasteiger partial charge in [-0.25, -0.2) is 0 Å². The van der Waals surface area contributed by atoms with Gasteiger partial charge in [-0.05, 0) is 46.9 Å². The van der Waals surface area contributed by atoms with Crippen LogP contribution in [0.4, 0.5) is 0 Å². The second-order valence-corrected chi connectivity index (χ2v) is 5.01. The number of aryl methyl sites for hydroxylation is 1. The molecule has 18 heavy (non-hydrogen) atoms. The molecule has 5 heteroatoms. The molecular formula is C13H12IN3O. The molecule has 0 spiro atoms. The predicted octanol–water partition coefficient (Wildman–Crippen LogP) is 2.83. The van der Waals surface area contributed by atoms with Gasteiger partial charge in [-0.3, -0.25) is 4.68 Å². The molecule has 0 amide bonds. The van der Waals surface area contributed by atoms with E-state index in [1.807, 2.05) is 29.2 Å². The lowest BCUT2D eigenvalue weighted by atomic mass is 10.2. The Balaban J connectivity index is 1.73. The van der Waals surface area contributed by atoms with E-state index in [0.29, 0.717) is 12.2 Å². The number of benzene rings is 1. The van der Waals surface area contributed by atoms with Crippen LogP contribution in [0.2, 0.25) is 0 Å². The third kappa shape index (κ3) is 3.74. The summed E-state index contributed by atoms with van der Waals surface area (Å²) in [5.41, 5.74) is 0.647. The highest BCUT2D eigenvalue weighted by atomic mass is 127. The summed E-state index contributed by atoms with van der Waals surface area (Å²) in [5, 5.41) is 12.9. The zero-order valence-corrected chi connectivity index (χ0v) is 11.9. The molecule has 0 fully saturated rings. The fourth-order valence-corrected chi connectivity index (χ4v) is 1.95. The molecule has 2 aromatic rings. The Morgan fingerprint density at radius 2 is 2.11 bits per heavy atom. The zero-order valence-electron chi connectivity index (χ0n) is 9.71. The van der Waals surface area contributed by atoms with Crippen molar-refractivity contribution in [2.75, 3.05) is 6.61 Å². The molecule has 0 aliphatic rings. The minimum Gasteiger partial charge on any atom is -0.494 e. The van der Waals surface area contributed by atoms with E-state index >= 15 is 0 Å². The third-order valence-electron chi connectivity index (χ3n) is 2.39. The van der Waals surface area contributed by atoms with E-state index < -0.39 is 0 Å². The standard InChI is InChI=1S/C13H12IN3O/c14-12-9-16-17(10-12)6-1-7-18-13-4-2-11(8-15)3-5-13/h2-5,9-10H,1,6-7H2. The molecule has 4 nitrogen and oxygen atoms in total. The molecule has 1 aromatic carbocycles. The topological polar surface area (TPSA) is 50.8 Å². The minimum absolute atomic E-state index is 0.641. The van der Waals surface area contributed by atoms with Crippen LogP contribution in [0.3, 0.4) is 0 Å². The highest BCUT2D eigenvalue weighted by Crippen LogP contribution is 2.11. The predicted molar refractivity (Wildman–Crippen MR) is 76.2 cm³/mol. The van der Waals surface area contributed by atoms with Crippen LogP contribution in [0.15, 0.2) is 36.7 Å². The van der Waals surface area contributed by atoms with E-state index in [2.05, 4.69) is 33.8 Å². The lowest BCUT2D eigenvalue weighted by molar-refractivity contribution is 0.298. The quantitative estimate of drug-likeness (QED) is 0.614. The molecule has 0 aliphatic carbocycles. The SMILES string of the molecule is N#Cc1ccc(OCCCn2cc(I)cn2)cc1. The Hall–Kier alpha value is -1.55. The van der Waals surface area contributed by atoms with Crippen LogP contribution in [0, 0.1) is 14.9 Å². The largest absolute Gasteiger partial charge is 0.494 e. The fraction of sp³-hybridized carbons (Fsp3) is 0.231. The highest BCUT2D eigenvalue weighted by molar-refractivity contribution is 14.1. The first-order chi connectivity index (χ1) is 8.78. The maximum Gasteiger partial charge on any atom is 0.119 e. The molecule has 0 saturated heterocycles. The number of nitriles is 1. The van der Waals surface area contributed by atoms with Gasteiger partial charge < -0.3 is 4.74 Å². The van der Waals surface area contributed by atoms with Crippen LogP contribution in [0.1, 0.15) is 12.0 Å². The molecule has 0 radical (unpaired) electrons. The molecule has 0 saturated carbocycles. The van der Waals surface area contributed by atoms with E-state index in [1.54, 1.807) is 12.1 Å². The summed E-state index contributed by atoms with van der Waals surface area (Å²) in [6, 6.07) is 9.22. The summed E-state index contributed by atoms with van der Waals surface area (Å²) in [5.74, 6) is 0.795. The number of hydrogen-bond donors (Lipinski definition) is 0. The molecule has 1 heterocycles. The summed E-state index contributed by atoms with van der Waals surface area (Å²) in [6.45, 7) is 1.49. The fourth-order valence-electron chi connectivity index (χ4n) is 1.50. The second-order valence-electron chi connectivity index (χ2n) is 3.76. The zero-order chi connectivity index (χ0) is 12.8. The van der Waals surface area contributed by atoms with Crippen molar-refractivity contribution in [2.24, 2.45) is 0 Å². The van der Waals surface area contributed by atoms with E-state index in [-0.39, 0.29) is 0 Å². The van der Waals surface area contributed by atoms with E-state index in [0.717, 1.165) is 22.3 Å². The Labute approximate surface area is 119 Å². The first-order valence-electron chi connectivity index (χ1n) is 5.59. The minimum atomic E-state index is 0.641. The average molecular weight is 353 g/mol. The van der Waals surface area contributed by atoms with Crippen LogP contribution in [0.5, 0.6) is 5.75 Å². The summed E-state index contributed by atoms with van der Waals surface area (Å²) in [7, 11) is 0. The van der Waals surface area contributed by atoms with E-state index in [1.165, 1.54) is 0 Å². The molecule has 92 valence electrons. The van der Waals surface area contributed by atoms with Crippen molar-refractivity contribution in [1.82, 2.24) is 9.78 Å². The van der Waals surface area contributed by atoms with Gasteiger partial charge in [0.25, 0.3) is 0 Å². The molecule has 0 bridgehead atoms. The summed E-state index contributed by atoms with van der Waals surface area (Å²) in [6.07, 6.45) is 4.74. The Kier molecular flexibility index (Phi) is 4.59. The maximum atomic E-state index is 8.67. The van der Waals surface area contributed by atoms with Gasteiger partial charge in [-0.1, -0.05) is 0 Å². The molecule has 0 unspecified atom stereocenters. The Morgan fingerprint density at radius 1 is 1.33 bits per heavy atom. The lowest BCUT2D eigenvalue weighted by Gasteiger charge is -2.06. The average Bonchev–Trinajstić information content (AvgIpc) is 2.81. The van der Waals surface area contributed by atoms with Crippen molar-refractivity contribution in [2.45, 2.75) is 13.0 Å². The van der Waals surface area contributed by atoms with Gasteiger partial charge in [0.1, 0.15) is 5.75 Å². The van der Waals surface area contributed by atoms with Crippen LogP contribution in [-0.4, -0.2) is 16.4 Å². The number of halogens is 1. The van der Waals surface area contributed by atoms with E-state index in [9.17, 15) is 0 Å². The van der Waals surface area contributed by atoms with Crippen molar-refractivity contribution >= 4 is 22.6 Å². The number of ether oxygens (including phenoxy) is 1. The summed E-state index contributed by atoms with van der Waals surface area (Å²) >= 11 is 2.24. The second kappa shape index (κ2) is 6.40. The molecule has 0 aliphatic heterocycles. The smallest absolute Gasteiger partial charge is 0.119 e. The number of hydrogen-bond acceptors (Lipinski definition) is 3. The molecule has 1 aromatic heterocycles. The molecule has 2 rings (SSSR count). The van der Waals surface area contributed by atoms with Gasteiger partial charge in [-0.2, -0.15) is 10.4 Å². The van der Waals surface area contributed by atoms with E-state index in [4.69, 9.17) is 10.00 Å². The van der Waals surface area contributed by atoms with Crippen LogP contribution in [0.25, 0.3) is 0 Å². The van der Waals surface area contributed by atoms with Gasteiger partial charge in [-0.15, -0.1) is 0 Å². The van der Waals surface area contributed by atoms with Crippen molar-refractivity contribution in [3.63, 3.8) is 0 Å². The van der Waals surface area contributed by atoms with Crippen molar-refractivity contribution < 1.29 is 4.74 Å². The van der Waals surface area contributed by atoms with Crippen molar-refractivity contribution in [3.05, 3.63) is 45.8 Å². The molecule has 0 atom stereocenters. The summed E-state index contributed by atoms with van der Waals surface area (Å²) in [4.78, 5) is 0. The normalized spacial score (nSPS) is 10.0. The van der Waals surface area contributed by atoms with Crippen molar-refractivity contribution in [1.29, 1.82) is 5.26 Å². The van der Waals surface area contributed by atoms with Crippen molar-refractivity contribution in [3.8, 4) is 11.8 Å². The van der Waals surface area contributed by atoms with Gasteiger partial charge in [0.05, 0.1) is 28.0 Å². The van der Waals surface area contributed by atoms with Gasteiger partial charge in [0.15, 0.2) is 0 Å². The number of rotatable bonds is 5. The number of nitrogens with zero attached hydrogens (tertiary/aromatic N) is 3. The summed E-state index contributed by atoms with van der Waals surface area (Å²) < 4.78 is 8.63. The highest BCUT2D eigenvalue weighted by Gasteiger charge is 1.97. The Bertz CT molecular complexity index is 542. The van der Waals surface area contributed by atoms with Gasteiger partial charge in [0, 0.05) is 19.2 Å². The first-order valence-corrected chi connectivity index (χ1v) is 6.67. The molecule has 0 N–H and O–H groups in total. The monoisotopic (exact) mass is 353 g/mol. The maximum absolute atomic E-state index is 8.67. The first kappa shape index (κ1) is 12.9. The van der Waals surface area contributed by atoms with Crippen LogP contribution < -0.4 is 4.74 Å². The van der Waals surface area contributed by atoms with Crippen LogP contribution >= 0.6 is 22.6 Å². The molecular weight excluding hydrogens is 341 g/mol. The van der Waals surface area contributed by atoms with Gasteiger partial charge in [0.2, 0.25) is 0 Å². The number of aromatic nitrogens is 2. The van der Waals surface area contributed by atoms with Crippen LogP contribution in [-0.2, 0) is 6.54 Å². The Morgan fingerprint density at radius 3 is 2.72 bits per heavy atom. The third-order valence-corrected chi connectivity index (χ3v) is 2.94.